The topological polar surface area (TPSA) is 9.23 Å². The van der Waals surface area contributed by atoms with Crippen molar-refractivity contribution in [2.45, 2.75) is 83.7 Å². The van der Waals surface area contributed by atoms with E-state index in [-0.39, 0.29) is 0 Å². The van der Waals surface area contributed by atoms with E-state index in [0.29, 0.717) is 0 Å². The molecule has 2 aliphatic rings. The fourth-order valence-corrected chi connectivity index (χ4v) is 5.39. The summed E-state index contributed by atoms with van der Waals surface area (Å²) in [6.07, 6.45) is 20.3. The molecule has 1 aromatic rings. The summed E-state index contributed by atoms with van der Waals surface area (Å²) in [5, 5.41) is 0. The van der Waals surface area contributed by atoms with Gasteiger partial charge in [0.1, 0.15) is 0 Å². The molecule has 0 radical (unpaired) electrons. The second-order valence-electron chi connectivity index (χ2n) is 9.07. The van der Waals surface area contributed by atoms with Crippen molar-refractivity contribution < 1.29 is 4.74 Å². The summed E-state index contributed by atoms with van der Waals surface area (Å²) in [5.74, 6) is 3.75. The van der Waals surface area contributed by atoms with Gasteiger partial charge in [-0.3, -0.25) is 0 Å². The van der Waals surface area contributed by atoms with Crippen LogP contribution in [0.5, 0.6) is 0 Å². The van der Waals surface area contributed by atoms with E-state index in [1.165, 1.54) is 63.4 Å². The molecule has 1 heteroatoms. The molecule has 0 amide bonds. The van der Waals surface area contributed by atoms with E-state index >= 15 is 0 Å². The van der Waals surface area contributed by atoms with E-state index in [1.807, 2.05) is 6.08 Å². The third-order valence-corrected chi connectivity index (χ3v) is 7.22. The number of benzene rings is 1. The zero-order valence-corrected chi connectivity index (χ0v) is 18.0. The minimum Gasteiger partial charge on any atom is -0.376 e. The minimum atomic E-state index is 0.720. The van der Waals surface area contributed by atoms with Gasteiger partial charge in [-0.05, 0) is 106 Å². The van der Waals surface area contributed by atoms with Crippen molar-refractivity contribution in [2.75, 3.05) is 6.61 Å². The lowest BCUT2D eigenvalue weighted by Gasteiger charge is -2.38. The van der Waals surface area contributed by atoms with Crippen LogP contribution in [0.2, 0.25) is 0 Å². The molecular weight excluding hydrogens is 340 g/mol. The number of ether oxygens (including phenoxy) is 1. The summed E-state index contributed by atoms with van der Waals surface area (Å²) in [6, 6.07) is 9.23. The molecule has 3 rings (SSSR count). The van der Waals surface area contributed by atoms with E-state index in [0.717, 1.165) is 43.3 Å². The Morgan fingerprint density at radius 3 is 2.18 bits per heavy atom. The maximum atomic E-state index is 5.68. The third kappa shape index (κ3) is 6.34. The molecule has 2 saturated carbocycles. The standard InChI is InChI=1S/C27H40O/c1-3-5-7-22-8-12-24(13-9-22)26-16-18-27(19-17-26)25-14-10-23(11-15-25)21-28-20-6-4-2/h3-5,10-11,14-15,22,24,26-27H,2,6-9,12-13,16-21H2,1H3. The molecule has 0 atom stereocenters. The van der Waals surface area contributed by atoms with Gasteiger partial charge < -0.3 is 4.74 Å². The molecule has 0 N–H and O–H groups in total. The zero-order chi connectivity index (χ0) is 19.6. The molecule has 1 nitrogen and oxygen atoms in total. The summed E-state index contributed by atoms with van der Waals surface area (Å²) >= 11 is 0. The lowest BCUT2D eigenvalue weighted by Crippen LogP contribution is -2.25. The number of allylic oxidation sites excluding steroid dienone is 2. The molecule has 0 bridgehead atoms. The molecule has 0 saturated heterocycles. The number of hydrogen-bond acceptors (Lipinski definition) is 1. The van der Waals surface area contributed by atoms with Crippen LogP contribution in [0.3, 0.4) is 0 Å². The predicted molar refractivity (Wildman–Crippen MR) is 120 cm³/mol. The van der Waals surface area contributed by atoms with Crippen molar-refractivity contribution >= 4 is 0 Å². The van der Waals surface area contributed by atoms with Gasteiger partial charge in [0.25, 0.3) is 0 Å². The van der Waals surface area contributed by atoms with Crippen LogP contribution in [0.15, 0.2) is 49.1 Å². The van der Waals surface area contributed by atoms with E-state index in [2.05, 4.69) is 49.9 Å². The molecule has 0 aliphatic heterocycles. The van der Waals surface area contributed by atoms with Crippen LogP contribution in [-0.2, 0) is 11.3 Å². The van der Waals surface area contributed by atoms with Crippen LogP contribution in [0, 0.1) is 17.8 Å². The first-order valence-electron chi connectivity index (χ1n) is 11.7. The molecule has 2 fully saturated rings. The molecule has 0 aromatic heterocycles. The molecule has 1 aromatic carbocycles. The largest absolute Gasteiger partial charge is 0.376 e. The van der Waals surface area contributed by atoms with Crippen LogP contribution in [0.1, 0.15) is 88.2 Å². The Hall–Kier alpha value is -1.34. The van der Waals surface area contributed by atoms with Gasteiger partial charge in [0.05, 0.1) is 13.2 Å². The van der Waals surface area contributed by atoms with Gasteiger partial charge in [0.2, 0.25) is 0 Å². The van der Waals surface area contributed by atoms with Crippen molar-refractivity contribution in [1.82, 2.24) is 0 Å². The minimum absolute atomic E-state index is 0.720. The van der Waals surface area contributed by atoms with Crippen LogP contribution in [-0.4, -0.2) is 6.61 Å². The van der Waals surface area contributed by atoms with Crippen LogP contribution in [0.4, 0.5) is 0 Å². The molecule has 2 aliphatic carbocycles. The van der Waals surface area contributed by atoms with E-state index in [1.54, 1.807) is 5.56 Å². The second kappa shape index (κ2) is 11.6. The molecule has 0 unspecified atom stereocenters. The van der Waals surface area contributed by atoms with E-state index in [4.69, 9.17) is 4.74 Å². The summed E-state index contributed by atoms with van der Waals surface area (Å²) in [4.78, 5) is 0. The van der Waals surface area contributed by atoms with Crippen LogP contribution >= 0.6 is 0 Å². The molecule has 154 valence electrons. The lowest BCUT2D eigenvalue weighted by molar-refractivity contribution is 0.125. The normalized spacial score (nSPS) is 28.5. The van der Waals surface area contributed by atoms with Crippen molar-refractivity contribution in [3.63, 3.8) is 0 Å². The highest BCUT2D eigenvalue weighted by molar-refractivity contribution is 5.25. The molecule has 0 heterocycles. The summed E-state index contributed by atoms with van der Waals surface area (Å²) in [6.45, 7) is 7.37. The molecule has 28 heavy (non-hydrogen) atoms. The van der Waals surface area contributed by atoms with Crippen molar-refractivity contribution in [3.05, 3.63) is 60.2 Å². The van der Waals surface area contributed by atoms with Crippen molar-refractivity contribution in [2.24, 2.45) is 17.8 Å². The lowest BCUT2D eigenvalue weighted by atomic mass is 9.68. The van der Waals surface area contributed by atoms with Crippen LogP contribution in [0.25, 0.3) is 0 Å². The summed E-state index contributed by atoms with van der Waals surface area (Å²) in [7, 11) is 0. The van der Waals surface area contributed by atoms with Gasteiger partial charge >= 0.3 is 0 Å². The van der Waals surface area contributed by atoms with E-state index < -0.39 is 0 Å². The van der Waals surface area contributed by atoms with Gasteiger partial charge in [-0.2, -0.15) is 0 Å². The summed E-state index contributed by atoms with van der Waals surface area (Å²) < 4.78 is 5.68. The monoisotopic (exact) mass is 380 g/mol. The van der Waals surface area contributed by atoms with Gasteiger partial charge in [0, 0.05) is 0 Å². The highest BCUT2D eigenvalue weighted by Crippen LogP contribution is 2.44. The van der Waals surface area contributed by atoms with Gasteiger partial charge in [0.15, 0.2) is 0 Å². The summed E-state index contributed by atoms with van der Waals surface area (Å²) in [5.41, 5.74) is 2.83. The van der Waals surface area contributed by atoms with Crippen LogP contribution < -0.4 is 0 Å². The van der Waals surface area contributed by atoms with Crippen molar-refractivity contribution in [3.8, 4) is 0 Å². The Bertz CT molecular complexity index is 583. The van der Waals surface area contributed by atoms with Crippen molar-refractivity contribution in [1.29, 1.82) is 0 Å². The molecular formula is C27H40O. The highest BCUT2D eigenvalue weighted by atomic mass is 16.5. The smallest absolute Gasteiger partial charge is 0.0717 e. The predicted octanol–water partition coefficient (Wildman–Crippen LogP) is 7.83. The fourth-order valence-electron chi connectivity index (χ4n) is 5.39. The van der Waals surface area contributed by atoms with E-state index in [9.17, 15) is 0 Å². The first-order chi connectivity index (χ1) is 13.8. The maximum absolute atomic E-state index is 5.68. The SMILES string of the molecule is C=CCCOCc1ccc(C2CCC(C3CCC(CC=CC)CC3)CC2)cc1. The Labute approximate surface area is 173 Å². The Balaban J connectivity index is 1.40. The number of rotatable bonds is 9. The van der Waals surface area contributed by atoms with Gasteiger partial charge in [-0.15, -0.1) is 6.58 Å². The Morgan fingerprint density at radius 1 is 0.929 bits per heavy atom. The Morgan fingerprint density at radius 2 is 1.57 bits per heavy atom. The average Bonchev–Trinajstić information content (AvgIpc) is 2.76. The Kier molecular flexibility index (Phi) is 8.86. The first kappa shape index (κ1) is 21.4. The van der Waals surface area contributed by atoms with Gasteiger partial charge in [-0.25, -0.2) is 0 Å². The highest BCUT2D eigenvalue weighted by Gasteiger charge is 2.30. The first-order valence-corrected chi connectivity index (χ1v) is 11.7. The fraction of sp³-hybridized carbons (Fsp3) is 0.630. The second-order valence-corrected chi connectivity index (χ2v) is 9.07. The third-order valence-electron chi connectivity index (χ3n) is 7.22. The quantitative estimate of drug-likeness (QED) is 0.313. The average molecular weight is 381 g/mol. The maximum Gasteiger partial charge on any atom is 0.0717 e. The zero-order valence-electron chi connectivity index (χ0n) is 18.0. The van der Waals surface area contributed by atoms with Gasteiger partial charge in [-0.1, -0.05) is 42.5 Å². The number of hydrogen-bond donors (Lipinski definition) is 0. The molecule has 0 spiro atoms.